The summed E-state index contributed by atoms with van der Waals surface area (Å²) in [5, 5.41) is 6.25. The van der Waals surface area contributed by atoms with Crippen LogP contribution in [0.3, 0.4) is 0 Å². The van der Waals surface area contributed by atoms with Crippen molar-refractivity contribution in [2.24, 2.45) is 17.8 Å². The standard InChI is InChI=1S/C19H25FN2O/c20-17-3-1-2-13(9-17)4-5-21-18(23)22-19-10-14-6-15(11-19)8-16(7-14)12-19/h1-3,9,14-16H,4-8,10-12H2,(H2,21,22,23). The van der Waals surface area contributed by atoms with E-state index in [0.29, 0.717) is 13.0 Å². The highest BCUT2D eigenvalue weighted by Gasteiger charge is 2.51. The molecule has 0 saturated heterocycles. The molecule has 4 saturated carbocycles. The first-order valence-corrected chi connectivity index (χ1v) is 8.91. The Kier molecular flexibility index (Phi) is 3.78. The number of amides is 2. The van der Waals surface area contributed by atoms with Crippen molar-refractivity contribution in [3.8, 4) is 0 Å². The zero-order chi connectivity index (χ0) is 15.9. The largest absolute Gasteiger partial charge is 0.338 e. The second kappa shape index (κ2) is 5.81. The van der Waals surface area contributed by atoms with Crippen molar-refractivity contribution < 1.29 is 9.18 Å². The van der Waals surface area contributed by atoms with Crippen molar-refractivity contribution in [1.82, 2.24) is 10.6 Å². The Hall–Kier alpha value is -1.58. The van der Waals surface area contributed by atoms with Gasteiger partial charge >= 0.3 is 6.03 Å². The predicted molar refractivity (Wildman–Crippen MR) is 87.5 cm³/mol. The van der Waals surface area contributed by atoms with Crippen LogP contribution in [-0.4, -0.2) is 18.1 Å². The minimum absolute atomic E-state index is 0.0525. The van der Waals surface area contributed by atoms with E-state index in [1.165, 1.54) is 31.4 Å². The molecule has 124 valence electrons. The summed E-state index contributed by atoms with van der Waals surface area (Å²) in [5.74, 6) is 2.26. The normalized spacial score (nSPS) is 34.4. The molecular formula is C19H25FN2O. The van der Waals surface area contributed by atoms with Crippen molar-refractivity contribution in [2.45, 2.75) is 50.5 Å². The van der Waals surface area contributed by atoms with Crippen molar-refractivity contribution in [2.75, 3.05) is 6.54 Å². The van der Waals surface area contributed by atoms with Gasteiger partial charge in [0.1, 0.15) is 5.82 Å². The molecule has 4 heteroatoms. The van der Waals surface area contributed by atoms with Crippen LogP contribution in [-0.2, 0) is 6.42 Å². The fourth-order valence-corrected chi connectivity index (χ4v) is 5.56. The summed E-state index contributed by atoms with van der Waals surface area (Å²) in [7, 11) is 0. The highest BCUT2D eigenvalue weighted by molar-refractivity contribution is 5.74. The van der Waals surface area contributed by atoms with Crippen LogP contribution < -0.4 is 10.6 Å². The van der Waals surface area contributed by atoms with Gasteiger partial charge in [0.05, 0.1) is 0 Å². The van der Waals surface area contributed by atoms with Crippen LogP contribution in [0.2, 0.25) is 0 Å². The SMILES string of the molecule is O=C(NCCc1cccc(F)c1)NC12CC3CC(CC(C3)C1)C2. The molecule has 1 aromatic rings. The predicted octanol–water partition coefficient (Wildman–Crippen LogP) is 3.64. The highest BCUT2D eigenvalue weighted by atomic mass is 19.1. The Morgan fingerprint density at radius 2 is 1.78 bits per heavy atom. The van der Waals surface area contributed by atoms with E-state index in [4.69, 9.17) is 0 Å². The molecule has 0 aliphatic heterocycles. The Balaban J connectivity index is 1.29. The summed E-state index contributed by atoms with van der Waals surface area (Å²) >= 11 is 0. The van der Waals surface area contributed by atoms with E-state index in [0.717, 1.165) is 42.6 Å². The summed E-state index contributed by atoms with van der Waals surface area (Å²) in [6.45, 7) is 0.543. The Morgan fingerprint density at radius 1 is 1.13 bits per heavy atom. The van der Waals surface area contributed by atoms with Gasteiger partial charge in [0.2, 0.25) is 0 Å². The van der Waals surface area contributed by atoms with Gasteiger partial charge < -0.3 is 10.6 Å². The van der Waals surface area contributed by atoms with Gasteiger partial charge in [-0.3, -0.25) is 0 Å². The van der Waals surface area contributed by atoms with E-state index in [1.807, 2.05) is 6.07 Å². The number of hydrogen-bond donors (Lipinski definition) is 2. The van der Waals surface area contributed by atoms with Crippen molar-refractivity contribution in [3.05, 3.63) is 35.6 Å². The summed E-state index contributed by atoms with van der Waals surface area (Å²) in [6.07, 6.45) is 8.28. The van der Waals surface area contributed by atoms with Gasteiger partial charge in [-0.1, -0.05) is 12.1 Å². The molecule has 2 N–H and O–H groups in total. The molecule has 0 radical (unpaired) electrons. The number of hydrogen-bond acceptors (Lipinski definition) is 1. The topological polar surface area (TPSA) is 41.1 Å². The molecule has 0 atom stereocenters. The van der Waals surface area contributed by atoms with E-state index in [1.54, 1.807) is 6.07 Å². The quantitative estimate of drug-likeness (QED) is 0.875. The summed E-state index contributed by atoms with van der Waals surface area (Å²) in [6, 6.07) is 6.51. The maximum atomic E-state index is 13.1. The Labute approximate surface area is 137 Å². The van der Waals surface area contributed by atoms with Crippen LogP contribution in [0.4, 0.5) is 9.18 Å². The Morgan fingerprint density at radius 3 is 2.39 bits per heavy atom. The minimum Gasteiger partial charge on any atom is -0.338 e. The molecular weight excluding hydrogens is 291 g/mol. The first-order valence-electron chi connectivity index (χ1n) is 8.91. The maximum Gasteiger partial charge on any atom is 0.315 e. The lowest BCUT2D eigenvalue weighted by Crippen LogP contribution is -2.61. The zero-order valence-corrected chi connectivity index (χ0v) is 13.5. The molecule has 4 aliphatic carbocycles. The third-order valence-electron chi connectivity index (χ3n) is 6.01. The maximum absolute atomic E-state index is 13.1. The molecule has 4 fully saturated rings. The minimum atomic E-state index is -0.222. The van der Waals surface area contributed by atoms with Crippen molar-refractivity contribution in [3.63, 3.8) is 0 Å². The molecule has 5 rings (SSSR count). The van der Waals surface area contributed by atoms with E-state index in [9.17, 15) is 9.18 Å². The number of halogens is 1. The molecule has 4 bridgehead atoms. The lowest BCUT2D eigenvalue weighted by Gasteiger charge is -2.56. The van der Waals surface area contributed by atoms with Gasteiger partial charge in [0.25, 0.3) is 0 Å². The van der Waals surface area contributed by atoms with Gasteiger partial charge in [-0.25, -0.2) is 9.18 Å². The van der Waals surface area contributed by atoms with Crippen LogP contribution in [0.5, 0.6) is 0 Å². The average molecular weight is 316 g/mol. The number of carbonyl (C=O) groups is 1. The van der Waals surface area contributed by atoms with Crippen LogP contribution >= 0.6 is 0 Å². The van der Waals surface area contributed by atoms with Gasteiger partial charge in [-0.15, -0.1) is 0 Å². The molecule has 4 aliphatic rings. The van der Waals surface area contributed by atoms with Crippen molar-refractivity contribution >= 4 is 6.03 Å². The molecule has 2 amide bonds. The second-order valence-corrected chi connectivity index (χ2v) is 7.96. The zero-order valence-electron chi connectivity index (χ0n) is 13.5. The third-order valence-corrected chi connectivity index (χ3v) is 6.01. The van der Waals surface area contributed by atoms with Gasteiger partial charge in [-0.2, -0.15) is 0 Å². The lowest BCUT2D eigenvalue weighted by atomic mass is 9.53. The van der Waals surface area contributed by atoms with Crippen LogP contribution in [0.15, 0.2) is 24.3 Å². The summed E-state index contributed by atoms with van der Waals surface area (Å²) in [4.78, 5) is 12.3. The smallest absolute Gasteiger partial charge is 0.315 e. The fraction of sp³-hybridized carbons (Fsp3) is 0.632. The first-order chi connectivity index (χ1) is 11.1. The summed E-state index contributed by atoms with van der Waals surface area (Å²) in [5.41, 5.74) is 0.970. The molecule has 23 heavy (non-hydrogen) atoms. The number of rotatable bonds is 4. The van der Waals surface area contributed by atoms with Crippen LogP contribution in [0, 0.1) is 23.6 Å². The molecule has 3 nitrogen and oxygen atoms in total. The Bertz CT molecular complexity index is 566. The highest BCUT2D eigenvalue weighted by Crippen LogP contribution is 2.55. The van der Waals surface area contributed by atoms with Crippen LogP contribution in [0.25, 0.3) is 0 Å². The van der Waals surface area contributed by atoms with Gasteiger partial charge in [0.15, 0.2) is 0 Å². The van der Waals surface area contributed by atoms with E-state index in [2.05, 4.69) is 10.6 Å². The molecule has 0 aromatic heterocycles. The number of nitrogens with one attached hydrogen (secondary N) is 2. The lowest BCUT2D eigenvalue weighted by molar-refractivity contribution is -0.0135. The molecule has 0 heterocycles. The van der Waals surface area contributed by atoms with Crippen LogP contribution in [0.1, 0.15) is 44.1 Å². The number of carbonyl (C=O) groups excluding carboxylic acids is 1. The monoisotopic (exact) mass is 316 g/mol. The van der Waals surface area contributed by atoms with Gasteiger partial charge in [0, 0.05) is 12.1 Å². The van der Waals surface area contributed by atoms with E-state index >= 15 is 0 Å². The fourth-order valence-electron chi connectivity index (χ4n) is 5.56. The van der Waals surface area contributed by atoms with Crippen molar-refractivity contribution in [1.29, 1.82) is 0 Å². The molecule has 0 unspecified atom stereocenters. The second-order valence-electron chi connectivity index (χ2n) is 7.96. The number of urea groups is 1. The van der Waals surface area contributed by atoms with E-state index in [-0.39, 0.29) is 17.4 Å². The number of benzene rings is 1. The molecule has 0 spiro atoms. The molecule has 1 aromatic carbocycles. The third kappa shape index (κ3) is 3.22. The average Bonchev–Trinajstić information content (AvgIpc) is 2.45. The van der Waals surface area contributed by atoms with Gasteiger partial charge in [-0.05, 0) is 80.4 Å². The van der Waals surface area contributed by atoms with E-state index < -0.39 is 0 Å². The summed E-state index contributed by atoms with van der Waals surface area (Å²) < 4.78 is 13.1. The first kappa shape index (κ1) is 15.0.